The molecule has 1 saturated heterocycles. The van der Waals surface area contributed by atoms with Gasteiger partial charge in [-0.25, -0.2) is 0 Å². The lowest BCUT2D eigenvalue weighted by Gasteiger charge is -2.27. The zero-order valence-corrected chi connectivity index (χ0v) is 13.0. The molecule has 0 spiro atoms. The molecule has 116 valence electrons. The van der Waals surface area contributed by atoms with E-state index in [1.807, 2.05) is 0 Å². The Kier molecular flexibility index (Phi) is 4.94. The van der Waals surface area contributed by atoms with Gasteiger partial charge in [-0.3, -0.25) is 4.90 Å². The van der Waals surface area contributed by atoms with Gasteiger partial charge in [-0.05, 0) is 37.7 Å². The second-order valence-corrected chi connectivity index (χ2v) is 6.71. The van der Waals surface area contributed by atoms with Crippen LogP contribution >= 0.6 is 0 Å². The van der Waals surface area contributed by atoms with E-state index in [0.29, 0.717) is 30.7 Å². The maximum Gasteiger partial charge on any atom is 0.0474 e. The number of aliphatic hydroxyl groups is 1. The van der Waals surface area contributed by atoms with Crippen LogP contribution in [-0.4, -0.2) is 41.8 Å². The number of likely N-dealkylation sites (tertiary alicyclic amines) is 1. The fourth-order valence-corrected chi connectivity index (χ4v) is 4.00. The van der Waals surface area contributed by atoms with E-state index in [-0.39, 0.29) is 0 Å². The van der Waals surface area contributed by atoms with Crippen LogP contribution in [0.2, 0.25) is 0 Å². The highest BCUT2D eigenvalue weighted by molar-refractivity contribution is 5.18. The van der Waals surface area contributed by atoms with Gasteiger partial charge in [0.15, 0.2) is 0 Å². The van der Waals surface area contributed by atoms with Crippen molar-refractivity contribution in [1.82, 2.24) is 10.2 Å². The summed E-state index contributed by atoms with van der Waals surface area (Å²) in [5, 5.41) is 13.3. The van der Waals surface area contributed by atoms with Crippen molar-refractivity contribution in [2.75, 3.05) is 19.7 Å². The molecule has 1 aliphatic carbocycles. The van der Waals surface area contributed by atoms with Gasteiger partial charge in [0.2, 0.25) is 0 Å². The van der Waals surface area contributed by atoms with Crippen LogP contribution in [0.5, 0.6) is 0 Å². The maximum atomic E-state index is 9.45. The first-order valence-corrected chi connectivity index (χ1v) is 8.44. The van der Waals surface area contributed by atoms with Crippen LogP contribution in [0.4, 0.5) is 0 Å². The number of rotatable bonds is 5. The number of nitrogens with zero attached hydrogens (tertiary/aromatic N) is 1. The van der Waals surface area contributed by atoms with E-state index in [4.69, 9.17) is 0 Å². The quantitative estimate of drug-likeness (QED) is 0.874. The van der Waals surface area contributed by atoms with Crippen molar-refractivity contribution in [3.8, 4) is 0 Å². The minimum absolute atomic E-state index is 0.342. The molecule has 1 heterocycles. The molecule has 1 saturated carbocycles. The fraction of sp³-hybridized carbons (Fsp3) is 0.667. The smallest absolute Gasteiger partial charge is 0.0474 e. The first-order valence-electron chi connectivity index (χ1n) is 8.44. The Bertz CT molecular complexity index is 436. The van der Waals surface area contributed by atoms with Gasteiger partial charge in [-0.15, -0.1) is 0 Å². The lowest BCUT2D eigenvalue weighted by Crippen LogP contribution is -2.43. The molecule has 3 heteroatoms. The summed E-state index contributed by atoms with van der Waals surface area (Å²) in [6.45, 7) is 4.95. The molecule has 2 fully saturated rings. The summed E-state index contributed by atoms with van der Waals surface area (Å²) < 4.78 is 0. The number of hydrogen-bond acceptors (Lipinski definition) is 3. The van der Waals surface area contributed by atoms with Gasteiger partial charge in [0, 0.05) is 37.8 Å². The van der Waals surface area contributed by atoms with Gasteiger partial charge in [0.05, 0.1) is 0 Å². The zero-order chi connectivity index (χ0) is 14.7. The summed E-state index contributed by atoms with van der Waals surface area (Å²) >= 11 is 0. The Labute approximate surface area is 128 Å². The Morgan fingerprint density at radius 3 is 2.81 bits per heavy atom. The molecular formula is C18H28N2O. The van der Waals surface area contributed by atoms with Gasteiger partial charge in [0.1, 0.15) is 0 Å². The Hall–Kier alpha value is -0.900. The standard InChI is InChI=1S/C18H28N2O/c1-14(15-6-3-2-4-7-15)20-11-10-17(12-20)19-18-9-5-8-16(18)13-21/h2-4,6-7,14,16-19,21H,5,8-13H2,1H3/t14-,16-,17+,18+/m1/s1. The maximum absolute atomic E-state index is 9.45. The molecule has 2 N–H and O–H groups in total. The molecule has 3 nitrogen and oxygen atoms in total. The van der Waals surface area contributed by atoms with Crippen LogP contribution in [0.15, 0.2) is 30.3 Å². The normalized spacial score (nSPS) is 31.6. The highest BCUT2D eigenvalue weighted by atomic mass is 16.3. The van der Waals surface area contributed by atoms with Crippen molar-refractivity contribution >= 4 is 0 Å². The lowest BCUT2D eigenvalue weighted by atomic mass is 10.0. The summed E-state index contributed by atoms with van der Waals surface area (Å²) in [5.41, 5.74) is 1.41. The van der Waals surface area contributed by atoms with Crippen molar-refractivity contribution in [2.45, 2.75) is 50.7 Å². The Morgan fingerprint density at radius 1 is 1.24 bits per heavy atom. The minimum atomic E-state index is 0.342. The van der Waals surface area contributed by atoms with Gasteiger partial charge >= 0.3 is 0 Å². The van der Waals surface area contributed by atoms with E-state index in [9.17, 15) is 5.11 Å². The van der Waals surface area contributed by atoms with E-state index in [1.165, 1.54) is 37.8 Å². The van der Waals surface area contributed by atoms with Crippen molar-refractivity contribution in [3.63, 3.8) is 0 Å². The summed E-state index contributed by atoms with van der Waals surface area (Å²) in [6.07, 6.45) is 4.91. The largest absolute Gasteiger partial charge is 0.396 e. The van der Waals surface area contributed by atoms with E-state index in [2.05, 4.69) is 47.5 Å². The van der Waals surface area contributed by atoms with Crippen LogP contribution in [0.25, 0.3) is 0 Å². The number of nitrogens with one attached hydrogen (secondary N) is 1. The molecule has 0 amide bonds. The van der Waals surface area contributed by atoms with E-state index >= 15 is 0 Å². The number of aliphatic hydroxyl groups excluding tert-OH is 1. The van der Waals surface area contributed by atoms with Crippen LogP contribution in [0.1, 0.15) is 44.2 Å². The van der Waals surface area contributed by atoms with Crippen LogP contribution in [0, 0.1) is 5.92 Å². The number of benzene rings is 1. The second-order valence-electron chi connectivity index (χ2n) is 6.71. The van der Waals surface area contributed by atoms with E-state index in [0.717, 1.165) is 6.54 Å². The molecule has 1 aromatic rings. The molecule has 0 aromatic heterocycles. The number of hydrogen-bond donors (Lipinski definition) is 2. The fourth-order valence-electron chi connectivity index (χ4n) is 4.00. The highest BCUT2D eigenvalue weighted by Gasteiger charge is 2.32. The SMILES string of the molecule is C[C@H](c1ccccc1)N1CC[C@H](N[C@H]2CCC[C@@H]2CO)C1. The first kappa shape index (κ1) is 15.0. The van der Waals surface area contributed by atoms with Crippen LogP contribution < -0.4 is 5.32 Å². The van der Waals surface area contributed by atoms with Gasteiger partial charge in [0.25, 0.3) is 0 Å². The average molecular weight is 288 g/mol. The Morgan fingerprint density at radius 2 is 2.05 bits per heavy atom. The van der Waals surface area contributed by atoms with Crippen molar-refractivity contribution < 1.29 is 5.11 Å². The molecule has 1 aromatic carbocycles. The van der Waals surface area contributed by atoms with Crippen molar-refractivity contribution in [2.24, 2.45) is 5.92 Å². The lowest BCUT2D eigenvalue weighted by molar-refractivity contribution is 0.196. The molecule has 4 atom stereocenters. The van der Waals surface area contributed by atoms with Crippen molar-refractivity contribution in [1.29, 1.82) is 0 Å². The topological polar surface area (TPSA) is 35.5 Å². The monoisotopic (exact) mass is 288 g/mol. The van der Waals surface area contributed by atoms with Crippen LogP contribution in [-0.2, 0) is 0 Å². The van der Waals surface area contributed by atoms with Crippen LogP contribution in [0.3, 0.4) is 0 Å². The summed E-state index contributed by atoms with van der Waals surface area (Å²) in [6, 6.07) is 12.4. The highest BCUT2D eigenvalue weighted by Crippen LogP contribution is 2.28. The summed E-state index contributed by atoms with van der Waals surface area (Å²) in [5.74, 6) is 0.477. The second kappa shape index (κ2) is 6.91. The van der Waals surface area contributed by atoms with Gasteiger partial charge in [-0.1, -0.05) is 36.8 Å². The molecule has 0 radical (unpaired) electrons. The molecule has 0 bridgehead atoms. The first-order chi connectivity index (χ1) is 10.3. The Balaban J connectivity index is 1.53. The van der Waals surface area contributed by atoms with Gasteiger partial charge in [-0.2, -0.15) is 0 Å². The zero-order valence-electron chi connectivity index (χ0n) is 13.0. The third-order valence-corrected chi connectivity index (χ3v) is 5.39. The molecule has 0 unspecified atom stereocenters. The van der Waals surface area contributed by atoms with Gasteiger partial charge < -0.3 is 10.4 Å². The van der Waals surface area contributed by atoms with E-state index < -0.39 is 0 Å². The molecule has 3 rings (SSSR count). The summed E-state index contributed by atoms with van der Waals surface area (Å²) in [4.78, 5) is 2.58. The molecule has 1 aliphatic heterocycles. The predicted octanol–water partition coefficient (Wildman–Crippen LogP) is 2.57. The van der Waals surface area contributed by atoms with Crippen molar-refractivity contribution in [3.05, 3.63) is 35.9 Å². The minimum Gasteiger partial charge on any atom is -0.396 e. The molecule has 2 aliphatic rings. The average Bonchev–Trinajstić information content (AvgIpc) is 3.17. The van der Waals surface area contributed by atoms with E-state index in [1.54, 1.807) is 0 Å². The molecular weight excluding hydrogens is 260 g/mol. The molecule has 21 heavy (non-hydrogen) atoms. The summed E-state index contributed by atoms with van der Waals surface area (Å²) in [7, 11) is 0. The third kappa shape index (κ3) is 3.47. The predicted molar refractivity (Wildman–Crippen MR) is 86.2 cm³/mol. The third-order valence-electron chi connectivity index (χ3n) is 5.39.